The van der Waals surface area contributed by atoms with Crippen molar-refractivity contribution in [2.45, 2.75) is 19.0 Å². The number of ether oxygens (including phenoxy) is 1. The number of rotatable bonds is 4. The van der Waals surface area contributed by atoms with Gasteiger partial charge < -0.3 is 15.8 Å². The second-order valence-electron chi connectivity index (χ2n) is 4.64. The predicted molar refractivity (Wildman–Crippen MR) is 76.2 cm³/mol. The number of thiophene rings is 1. The molecule has 6 heteroatoms. The third-order valence-electron chi connectivity index (χ3n) is 3.43. The van der Waals surface area contributed by atoms with Gasteiger partial charge in [0.2, 0.25) is 5.91 Å². The molecule has 2 rings (SSSR count). The van der Waals surface area contributed by atoms with Crippen LogP contribution in [0.2, 0.25) is 0 Å². The number of likely N-dealkylation sites (N-methyl/N-ethyl adjacent to an activating group) is 1. The Morgan fingerprint density at radius 3 is 3.05 bits per heavy atom. The fraction of sp³-hybridized carbons (Fsp3) is 0.615. The third kappa shape index (κ3) is 3.14. The van der Waals surface area contributed by atoms with Crippen LogP contribution in [0.1, 0.15) is 15.8 Å². The maximum absolute atomic E-state index is 12.0. The third-order valence-corrected chi connectivity index (χ3v) is 4.53. The highest BCUT2D eigenvalue weighted by molar-refractivity contribution is 7.12. The first-order chi connectivity index (χ1) is 9.17. The first-order valence-electron chi connectivity index (χ1n) is 6.49. The molecular weight excluding hydrogens is 262 g/mol. The molecule has 2 unspecified atom stereocenters. The number of aryl methyl sites for hydroxylation is 1. The fourth-order valence-electron chi connectivity index (χ4n) is 2.43. The molecule has 0 radical (unpaired) electrons. The van der Waals surface area contributed by atoms with Gasteiger partial charge in [0, 0.05) is 29.9 Å². The van der Waals surface area contributed by atoms with Crippen LogP contribution < -0.4 is 11.1 Å². The van der Waals surface area contributed by atoms with Crippen LogP contribution in [0.3, 0.4) is 0 Å². The highest BCUT2D eigenvalue weighted by Crippen LogP contribution is 2.29. The molecular formula is C13H21N3O2S. The lowest BCUT2D eigenvalue weighted by Gasteiger charge is -2.39. The smallest absolute Gasteiger partial charge is 0.239 e. The van der Waals surface area contributed by atoms with Gasteiger partial charge in [0.05, 0.1) is 19.3 Å². The molecule has 0 spiro atoms. The van der Waals surface area contributed by atoms with Crippen LogP contribution in [-0.4, -0.2) is 50.2 Å². The first-order valence-corrected chi connectivity index (χ1v) is 7.30. The molecule has 19 heavy (non-hydrogen) atoms. The van der Waals surface area contributed by atoms with E-state index < -0.39 is 0 Å². The summed E-state index contributed by atoms with van der Waals surface area (Å²) in [5.41, 5.74) is 5.94. The summed E-state index contributed by atoms with van der Waals surface area (Å²) in [5.74, 6) is -0.00794. The summed E-state index contributed by atoms with van der Waals surface area (Å²) in [4.78, 5) is 16.6. The Balaban J connectivity index is 2.21. The molecule has 1 amide bonds. The minimum absolute atomic E-state index is 0.00794. The molecule has 1 saturated heterocycles. The Kier molecular flexibility index (Phi) is 4.93. The summed E-state index contributed by atoms with van der Waals surface area (Å²) >= 11 is 1.74. The van der Waals surface area contributed by atoms with E-state index in [1.807, 2.05) is 0 Å². The van der Waals surface area contributed by atoms with Crippen molar-refractivity contribution in [1.29, 1.82) is 0 Å². The lowest BCUT2D eigenvalue weighted by atomic mass is 10.1. The van der Waals surface area contributed by atoms with Gasteiger partial charge in [-0.1, -0.05) is 0 Å². The van der Waals surface area contributed by atoms with Crippen molar-refractivity contribution >= 4 is 17.2 Å². The minimum Gasteiger partial charge on any atom is -0.378 e. The average molecular weight is 283 g/mol. The number of hydrogen-bond acceptors (Lipinski definition) is 5. The van der Waals surface area contributed by atoms with Gasteiger partial charge in [-0.3, -0.25) is 9.69 Å². The zero-order valence-electron chi connectivity index (χ0n) is 11.4. The summed E-state index contributed by atoms with van der Waals surface area (Å²) in [6, 6.07) is 4.03. The molecule has 0 aromatic carbocycles. The van der Waals surface area contributed by atoms with Crippen LogP contribution >= 0.6 is 11.3 Å². The number of carbonyl (C=O) groups excluding carboxylic acids is 1. The zero-order chi connectivity index (χ0) is 13.8. The van der Waals surface area contributed by atoms with Crippen LogP contribution in [-0.2, 0) is 9.53 Å². The molecule has 1 aliphatic heterocycles. The molecule has 5 nitrogen and oxygen atoms in total. The molecule has 0 bridgehead atoms. The van der Waals surface area contributed by atoms with Gasteiger partial charge in [0.25, 0.3) is 0 Å². The summed E-state index contributed by atoms with van der Waals surface area (Å²) in [6.07, 6.45) is 0. The summed E-state index contributed by atoms with van der Waals surface area (Å²) in [6.45, 7) is 4.40. The zero-order valence-corrected chi connectivity index (χ0v) is 12.2. The Morgan fingerprint density at radius 1 is 1.68 bits per heavy atom. The second-order valence-corrected chi connectivity index (χ2v) is 5.96. The molecule has 0 aliphatic carbocycles. The highest BCUT2D eigenvalue weighted by atomic mass is 32.1. The van der Waals surface area contributed by atoms with E-state index in [4.69, 9.17) is 10.5 Å². The van der Waals surface area contributed by atoms with E-state index in [0.717, 1.165) is 6.54 Å². The number of nitrogens with two attached hydrogens (primary N) is 1. The number of carbonyl (C=O) groups is 1. The van der Waals surface area contributed by atoms with Gasteiger partial charge in [-0.05, 0) is 19.1 Å². The molecule has 2 atom stereocenters. The van der Waals surface area contributed by atoms with Gasteiger partial charge in [-0.25, -0.2) is 0 Å². The highest BCUT2D eigenvalue weighted by Gasteiger charge is 2.34. The van der Waals surface area contributed by atoms with E-state index in [-0.39, 0.29) is 18.0 Å². The quantitative estimate of drug-likeness (QED) is 0.844. The van der Waals surface area contributed by atoms with Gasteiger partial charge in [0.15, 0.2) is 0 Å². The number of hydrogen-bond donors (Lipinski definition) is 2. The van der Waals surface area contributed by atoms with E-state index in [2.05, 4.69) is 29.3 Å². The lowest BCUT2D eigenvalue weighted by molar-refractivity contribution is -0.134. The van der Waals surface area contributed by atoms with Crippen LogP contribution in [0.5, 0.6) is 0 Å². The number of nitrogens with one attached hydrogen (secondary N) is 1. The molecule has 3 N–H and O–H groups in total. The van der Waals surface area contributed by atoms with E-state index in [1.165, 1.54) is 9.75 Å². The molecule has 106 valence electrons. The lowest BCUT2D eigenvalue weighted by Crippen LogP contribution is -2.55. The van der Waals surface area contributed by atoms with Crippen molar-refractivity contribution < 1.29 is 9.53 Å². The van der Waals surface area contributed by atoms with E-state index >= 15 is 0 Å². The Labute approximate surface area is 117 Å². The summed E-state index contributed by atoms with van der Waals surface area (Å²) < 4.78 is 5.43. The maximum atomic E-state index is 12.0. The molecule has 2 heterocycles. The van der Waals surface area contributed by atoms with E-state index in [0.29, 0.717) is 19.8 Å². The Bertz CT molecular complexity index is 435. The number of amides is 1. The molecule has 1 fully saturated rings. The fourth-order valence-corrected chi connectivity index (χ4v) is 3.44. The number of nitrogens with zero attached hydrogens (tertiary/aromatic N) is 1. The molecule has 1 aliphatic rings. The van der Waals surface area contributed by atoms with Crippen molar-refractivity contribution in [2.24, 2.45) is 5.73 Å². The molecule has 0 saturated carbocycles. The predicted octanol–water partition coefficient (Wildman–Crippen LogP) is 0.503. The van der Waals surface area contributed by atoms with Crippen LogP contribution in [0.15, 0.2) is 12.1 Å². The van der Waals surface area contributed by atoms with Gasteiger partial charge in [-0.2, -0.15) is 0 Å². The summed E-state index contributed by atoms with van der Waals surface area (Å²) in [5, 5.41) is 2.70. The monoisotopic (exact) mass is 283 g/mol. The van der Waals surface area contributed by atoms with Crippen molar-refractivity contribution in [3.8, 4) is 0 Å². The maximum Gasteiger partial charge on any atom is 0.239 e. The van der Waals surface area contributed by atoms with Gasteiger partial charge >= 0.3 is 0 Å². The van der Waals surface area contributed by atoms with Crippen LogP contribution in [0.4, 0.5) is 0 Å². The van der Waals surface area contributed by atoms with Gasteiger partial charge in [0.1, 0.15) is 6.04 Å². The van der Waals surface area contributed by atoms with E-state index in [9.17, 15) is 4.79 Å². The van der Waals surface area contributed by atoms with Crippen LogP contribution in [0.25, 0.3) is 0 Å². The van der Waals surface area contributed by atoms with Gasteiger partial charge in [-0.15, -0.1) is 11.3 Å². The Morgan fingerprint density at radius 2 is 2.47 bits per heavy atom. The Hall–Kier alpha value is -0.950. The topological polar surface area (TPSA) is 67.6 Å². The van der Waals surface area contributed by atoms with Crippen molar-refractivity contribution in [3.05, 3.63) is 21.9 Å². The first kappa shape index (κ1) is 14.5. The van der Waals surface area contributed by atoms with E-state index in [1.54, 1.807) is 18.4 Å². The standard InChI is InChI=1S/C13H21N3O2S/c1-9-3-4-12(19-9)10(7-14)16-5-6-18-8-11(16)13(17)15-2/h3-4,10-11H,5-8,14H2,1-2H3,(H,15,17). The average Bonchev–Trinajstić information content (AvgIpc) is 2.86. The van der Waals surface area contributed by atoms with Crippen molar-refractivity contribution in [1.82, 2.24) is 10.2 Å². The minimum atomic E-state index is -0.255. The van der Waals surface area contributed by atoms with Crippen molar-refractivity contribution in [3.63, 3.8) is 0 Å². The number of morpholine rings is 1. The SMILES string of the molecule is CNC(=O)C1COCCN1C(CN)c1ccc(C)s1. The largest absolute Gasteiger partial charge is 0.378 e. The molecule has 1 aromatic rings. The van der Waals surface area contributed by atoms with Crippen molar-refractivity contribution in [2.75, 3.05) is 33.4 Å². The normalized spacial score (nSPS) is 22.2. The van der Waals surface area contributed by atoms with Crippen LogP contribution in [0, 0.1) is 6.92 Å². The second kappa shape index (κ2) is 6.47. The summed E-state index contributed by atoms with van der Waals surface area (Å²) in [7, 11) is 1.65. The molecule has 1 aromatic heterocycles.